The minimum atomic E-state index is -0.771. The summed E-state index contributed by atoms with van der Waals surface area (Å²) in [7, 11) is 3.32. The average Bonchev–Trinajstić information content (AvgIpc) is 3.31. The molecule has 4 aromatic rings. The first-order valence-corrected chi connectivity index (χ1v) is 11.4. The van der Waals surface area contributed by atoms with Crippen LogP contribution in [-0.2, 0) is 11.3 Å². The lowest BCUT2D eigenvalue weighted by Gasteiger charge is -2.09. The molecule has 0 radical (unpaired) electrons. The number of hydrogen-bond donors (Lipinski definition) is 1. The van der Waals surface area contributed by atoms with Gasteiger partial charge in [0.15, 0.2) is 5.16 Å². The van der Waals surface area contributed by atoms with Crippen molar-refractivity contribution in [3.8, 4) is 11.5 Å². The molecule has 0 aliphatic carbocycles. The number of ether oxygens (including phenoxy) is 2. The quantitative estimate of drug-likeness (QED) is 0.281. The number of carboxylic acid groups (broad SMARTS) is 1. The lowest BCUT2D eigenvalue weighted by molar-refractivity contribution is -0.137. The highest BCUT2D eigenvalue weighted by atomic mass is 32.2. The molecule has 0 spiro atoms. The molecule has 0 aliphatic rings. The number of thiophene rings is 1. The third-order valence-corrected chi connectivity index (χ3v) is 6.95. The Balaban J connectivity index is 1.70. The molecule has 0 fully saturated rings. The number of carboxylic acids is 1. The van der Waals surface area contributed by atoms with E-state index in [2.05, 4.69) is 22.1 Å². The fraction of sp³-hybridized carbons (Fsp3) is 0.273. The molecular formula is C22H22N2O4S2. The van der Waals surface area contributed by atoms with Crippen LogP contribution in [0.3, 0.4) is 0 Å². The summed E-state index contributed by atoms with van der Waals surface area (Å²) in [5.74, 6) is 1.53. The summed E-state index contributed by atoms with van der Waals surface area (Å²) in [5.41, 5.74) is 3.10. The highest BCUT2D eigenvalue weighted by molar-refractivity contribution is 7.99. The summed E-state index contributed by atoms with van der Waals surface area (Å²) in [6.45, 7) is 0.678. The van der Waals surface area contributed by atoms with Crippen LogP contribution < -0.4 is 9.47 Å². The smallest absolute Gasteiger partial charge is 0.303 e. The monoisotopic (exact) mass is 442 g/mol. The van der Waals surface area contributed by atoms with Crippen molar-refractivity contribution in [2.45, 2.75) is 24.5 Å². The lowest BCUT2D eigenvalue weighted by Crippen LogP contribution is -2.02. The molecule has 0 saturated carbocycles. The summed E-state index contributed by atoms with van der Waals surface area (Å²) >= 11 is 3.31. The van der Waals surface area contributed by atoms with Gasteiger partial charge in [-0.15, -0.1) is 11.3 Å². The Kier molecular flexibility index (Phi) is 6.15. The molecule has 0 atom stereocenters. The van der Waals surface area contributed by atoms with Crippen molar-refractivity contribution < 1.29 is 19.4 Å². The van der Waals surface area contributed by atoms with Gasteiger partial charge in [-0.1, -0.05) is 11.8 Å². The van der Waals surface area contributed by atoms with Gasteiger partial charge in [-0.25, -0.2) is 4.98 Å². The second kappa shape index (κ2) is 8.97. The molecule has 1 N–H and O–H groups in total. The predicted molar refractivity (Wildman–Crippen MR) is 121 cm³/mol. The Morgan fingerprint density at radius 1 is 1.17 bits per heavy atom. The van der Waals surface area contributed by atoms with Crippen molar-refractivity contribution in [3.63, 3.8) is 0 Å². The third kappa shape index (κ3) is 4.24. The van der Waals surface area contributed by atoms with Crippen molar-refractivity contribution >= 4 is 50.2 Å². The van der Waals surface area contributed by atoms with E-state index >= 15 is 0 Å². The first-order chi connectivity index (χ1) is 14.6. The largest absolute Gasteiger partial charge is 0.497 e. The Hall–Kier alpha value is -2.71. The fourth-order valence-electron chi connectivity index (χ4n) is 3.34. The molecule has 30 heavy (non-hydrogen) atoms. The van der Waals surface area contributed by atoms with E-state index in [0.29, 0.717) is 18.7 Å². The van der Waals surface area contributed by atoms with E-state index in [1.807, 2.05) is 24.3 Å². The fourth-order valence-corrected chi connectivity index (χ4v) is 5.23. The predicted octanol–water partition coefficient (Wildman–Crippen LogP) is 5.27. The van der Waals surface area contributed by atoms with Gasteiger partial charge in [-0.3, -0.25) is 4.79 Å². The van der Waals surface area contributed by atoms with Crippen LogP contribution in [0.5, 0.6) is 11.5 Å². The number of nitrogens with zero attached hydrogens (tertiary/aromatic N) is 2. The maximum atomic E-state index is 10.8. The molecule has 8 heteroatoms. The van der Waals surface area contributed by atoms with Gasteiger partial charge in [0.05, 0.1) is 31.8 Å². The molecule has 0 amide bonds. The van der Waals surface area contributed by atoms with Gasteiger partial charge < -0.3 is 19.1 Å². The van der Waals surface area contributed by atoms with Gasteiger partial charge in [-0.2, -0.15) is 0 Å². The van der Waals surface area contributed by atoms with Crippen LogP contribution in [0.4, 0.5) is 0 Å². The standard InChI is InChI=1S/C22H22N2O4S2/c1-27-15-6-8-20-17(10-15)14(13-30-20)12-24-19-7-5-16(28-2)11-18(19)23-22(24)29-9-3-4-21(25)26/h5-8,10-11,13H,3-4,9,12H2,1-2H3,(H,25,26). The van der Waals surface area contributed by atoms with E-state index in [4.69, 9.17) is 19.6 Å². The van der Waals surface area contributed by atoms with Crippen molar-refractivity contribution in [1.82, 2.24) is 9.55 Å². The molecular weight excluding hydrogens is 420 g/mol. The van der Waals surface area contributed by atoms with Crippen LogP contribution >= 0.6 is 23.1 Å². The van der Waals surface area contributed by atoms with Gasteiger partial charge in [-0.05, 0) is 47.7 Å². The number of fused-ring (bicyclic) bond motifs is 2. The summed E-state index contributed by atoms with van der Waals surface area (Å²) in [4.78, 5) is 15.6. The number of aliphatic carboxylic acids is 1. The summed E-state index contributed by atoms with van der Waals surface area (Å²) < 4.78 is 14.2. The van der Waals surface area contributed by atoms with Crippen LogP contribution in [0.25, 0.3) is 21.1 Å². The SMILES string of the molecule is COc1ccc2c(c1)nc(SCCCC(=O)O)n2Cc1csc2ccc(OC)cc12. The Morgan fingerprint density at radius 3 is 2.70 bits per heavy atom. The zero-order chi connectivity index (χ0) is 21.1. The van der Waals surface area contributed by atoms with E-state index in [0.717, 1.165) is 27.7 Å². The second-order valence-corrected chi connectivity index (χ2v) is 8.78. The average molecular weight is 443 g/mol. The molecule has 0 saturated heterocycles. The first kappa shape index (κ1) is 20.6. The minimum absolute atomic E-state index is 0.163. The van der Waals surface area contributed by atoms with E-state index in [9.17, 15) is 4.79 Å². The van der Waals surface area contributed by atoms with Crippen LogP contribution in [0.15, 0.2) is 46.9 Å². The number of methoxy groups -OCH3 is 2. The highest BCUT2D eigenvalue weighted by Gasteiger charge is 2.15. The Labute approximate surface area is 182 Å². The summed E-state index contributed by atoms with van der Waals surface area (Å²) in [6.07, 6.45) is 0.765. The van der Waals surface area contributed by atoms with Crippen molar-refractivity contribution in [3.05, 3.63) is 47.3 Å². The highest BCUT2D eigenvalue weighted by Crippen LogP contribution is 2.33. The molecule has 0 unspecified atom stereocenters. The second-order valence-electron chi connectivity index (χ2n) is 6.80. The topological polar surface area (TPSA) is 73.6 Å². The number of aromatic nitrogens is 2. The number of hydrogen-bond acceptors (Lipinski definition) is 6. The van der Waals surface area contributed by atoms with Crippen LogP contribution in [0.2, 0.25) is 0 Å². The summed E-state index contributed by atoms with van der Waals surface area (Å²) in [5, 5.41) is 13.1. The molecule has 156 valence electrons. The minimum Gasteiger partial charge on any atom is -0.497 e. The van der Waals surface area contributed by atoms with Crippen LogP contribution in [0.1, 0.15) is 18.4 Å². The van der Waals surface area contributed by atoms with Gasteiger partial charge in [0.1, 0.15) is 11.5 Å². The van der Waals surface area contributed by atoms with E-state index < -0.39 is 5.97 Å². The zero-order valence-electron chi connectivity index (χ0n) is 16.8. The maximum absolute atomic E-state index is 10.8. The van der Waals surface area contributed by atoms with Gasteiger partial charge in [0.25, 0.3) is 0 Å². The molecule has 2 aromatic carbocycles. The Bertz CT molecular complexity index is 1200. The molecule has 4 rings (SSSR count). The van der Waals surface area contributed by atoms with Crippen molar-refractivity contribution in [2.75, 3.05) is 20.0 Å². The molecule has 0 aliphatic heterocycles. The van der Waals surface area contributed by atoms with Crippen molar-refractivity contribution in [2.24, 2.45) is 0 Å². The number of imidazole rings is 1. The maximum Gasteiger partial charge on any atom is 0.303 e. The van der Waals surface area contributed by atoms with Gasteiger partial charge >= 0.3 is 5.97 Å². The first-order valence-electron chi connectivity index (χ1n) is 9.52. The summed E-state index contributed by atoms with van der Waals surface area (Å²) in [6, 6.07) is 12.0. The van der Waals surface area contributed by atoms with E-state index in [1.54, 1.807) is 37.3 Å². The number of benzene rings is 2. The molecule has 2 aromatic heterocycles. The Morgan fingerprint density at radius 2 is 1.93 bits per heavy atom. The lowest BCUT2D eigenvalue weighted by atomic mass is 10.1. The molecule has 6 nitrogen and oxygen atoms in total. The van der Waals surface area contributed by atoms with Gasteiger partial charge in [0, 0.05) is 28.3 Å². The molecule has 0 bridgehead atoms. The van der Waals surface area contributed by atoms with E-state index in [1.165, 1.54) is 15.6 Å². The number of thioether (sulfide) groups is 1. The van der Waals surface area contributed by atoms with Crippen molar-refractivity contribution in [1.29, 1.82) is 0 Å². The molecule has 2 heterocycles. The number of rotatable bonds is 9. The van der Waals surface area contributed by atoms with Crippen LogP contribution in [-0.4, -0.2) is 40.6 Å². The van der Waals surface area contributed by atoms with E-state index in [-0.39, 0.29) is 6.42 Å². The van der Waals surface area contributed by atoms with Gasteiger partial charge in [0.2, 0.25) is 0 Å². The zero-order valence-corrected chi connectivity index (χ0v) is 18.4. The number of carbonyl (C=O) groups is 1. The third-order valence-electron chi connectivity index (χ3n) is 4.88. The normalized spacial score (nSPS) is 11.3. The van der Waals surface area contributed by atoms with Crippen LogP contribution in [0, 0.1) is 0 Å².